The number of carbonyl (C=O) groups excluding carboxylic acids is 1. The van der Waals surface area contributed by atoms with Gasteiger partial charge in [-0.3, -0.25) is 9.59 Å². The highest BCUT2D eigenvalue weighted by atomic mass is 16.5. The summed E-state index contributed by atoms with van der Waals surface area (Å²) >= 11 is 0. The highest BCUT2D eigenvalue weighted by Crippen LogP contribution is 2.26. The van der Waals surface area contributed by atoms with E-state index in [0.717, 1.165) is 17.5 Å². The van der Waals surface area contributed by atoms with E-state index < -0.39 is 18.2 Å². The van der Waals surface area contributed by atoms with Gasteiger partial charge in [0.25, 0.3) is 5.91 Å². The third kappa shape index (κ3) is 4.03. The molecule has 0 saturated heterocycles. The van der Waals surface area contributed by atoms with E-state index in [1.807, 2.05) is 24.3 Å². The van der Waals surface area contributed by atoms with Gasteiger partial charge in [-0.1, -0.05) is 24.3 Å². The number of ether oxygens (including phenoxy) is 2. The van der Waals surface area contributed by atoms with E-state index in [1.165, 1.54) is 7.11 Å². The first-order chi connectivity index (χ1) is 10.1. The number of rotatable bonds is 6. The normalized spacial score (nSPS) is 18.6. The third-order valence-corrected chi connectivity index (χ3v) is 3.47. The van der Waals surface area contributed by atoms with E-state index >= 15 is 0 Å². The molecule has 2 atom stereocenters. The van der Waals surface area contributed by atoms with Crippen LogP contribution in [0.25, 0.3) is 0 Å². The zero-order chi connectivity index (χ0) is 15.2. The van der Waals surface area contributed by atoms with Crippen molar-refractivity contribution in [2.45, 2.75) is 25.0 Å². The molecule has 1 aliphatic heterocycles. The van der Waals surface area contributed by atoms with Crippen LogP contribution in [0.2, 0.25) is 0 Å². The van der Waals surface area contributed by atoms with Crippen molar-refractivity contribution in [1.82, 2.24) is 5.32 Å². The minimum Gasteiger partial charge on any atom is -0.481 e. The summed E-state index contributed by atoms with van der Waals surface area (Å²) in [5.74, 6) is -1.23. The lowest BCUT2D eigenvalue weighted by Gasteiger charge is -2.25. The second kappa shape index (κ2) is 7.19. The zero-order valence-corrected chi connectivity index (χ0v) is 11.9. The zero-order valence-electron chi connectivity index (χ0n) is 11.9. The van der Waals surface area contributed by atoms with Crippen molar-refractivity contribution in [2.75, 3.05) is 20.3 Å². The Morgan fingerprint density at radius 2 is 2.24 bits per heavy atom. The first-order valence-corrected chi connectivity index (χ1v) is 6.83. The Balaban J connectivity index is 1.97. The molecule has 1 aliphatic rings. The van der Waals surface area contributed by atoms with Crippen LogP contribution in [0, 0.1) is 0 Å². The summed E-state index contributed by atoms with van der Waals surface area (Å²) in [7, 11) is 1.42. The molecule has 1 aromatic carbocycles. The van der Waals surface area contributed by atoms with Crippen molar-refractivity contribution in [3.8, 4) is 0 Å². The van der Waals surface area contributed by atoms with Crippen LogP contribution >= 0.6 is 0 Å². The number of benzene rings is 1. The van der Waals surface area contributed by atoms with Crippen molar-refractivity contribution in [1.29, 1.82) is 0 Å². The molecule has 0 bridgehead atoms. The number of hydrogen-bond acceptors (Lipinski definition) is 4. The molecule has 0 radical (unpaired) electrons. The fraction of sp³-hybridized carbons (Fsp3) is 0.467. The second-order valence-electron chi connectivity index (χ2n) is 4.90. The number of hydrogen-bond donors (Lipinski definition) is 2. The highest BCUT2D eigenvalue weighted by Gasteiger charge is 2.27. The summed E-state index contributed by atoms with van der Waals surface area (Å²) < 4.78 is 10.6. The third-order valence-electron chi connectivity index (χ3n) is 3.47. The first-order valence-electron chi connectivity index (χ1n) is 6.83. The number of carboxylic acid groups (broad SMARTS) is 1. The quantitative estimate of drug-likeness (QED) is 0.814. The van der Waals surface area contributed by atoms with Crippen LogP contribution in [0.5, 0.6) is 0 Å². The summed E-state index contributed by atoms with van der Waals surface area (Å²) in [6.07, 6.45) is -0.555. The monoisotopic (exact) mass is 293 g/mol. The van der Waals surface area contributed by atoms with Crippen LogP contribution in [-0.4, -0.2) is 43.3 Å². The fourth-order valence-corrected chi connectivity index (χ4v) is 2.35. The lowest BCUT2D eigenvalue weighted by molar-refractivity contribution is -0.141. The van der Waals surface area contributed by atoms with E-state index in [4.69, 9.17) is 14.6 Å². The Bertz CT molecular complexity index is 517. The van der Waals surface area contributed by atoms with Crippen molar-refractivity contribution >= 4 is 11.9 Å². The van der Waals surface area contributed by atoms with Crippen LogP contribution in [0.1, 0.15) is 23.7 Å². The van der Waals surface area contributed by atoms with Crippen LogP contribution in [-0.2, 0) is 25.5 Å². The Labute approximate surface area is 123 Å². The van der Waals surface area contributed by atoms with Gasteiger partial charge in [-0.05, 0) is 17.5 Å². The van der Waals surface area contributed by atoms with Crippen LogP contribution < -0.4 is 5.32 Å². The standard InChI is InChI=1S/C15H19NO5/c1-20-11(8-13(17)18)9-16-15(19)14-12-5-3-2-4-10(12)6-7-21-14/h2-5,11,14H,6-9H2,1H3,(H,16,19)(H,17,18). The predicted octanol–water partition coefficient (Wildman–Crippen LogP) is 0.906. The van der Waals surface area contributed by atoms with E-state index in [2.05, 4.69) is 5.32 Å². The summed E-state index contributed by atoms with van der Waals surface area (Å²) in [6, 6.07) is 7.67. The maximum atomic E-state index is 12.2. The van der Waals surface area contributed by atoms with Gasteiger partial charge in [0.2, 0.25) is 0 Å². The number of carboxylic acids is 1. The highest BCUT2D eigenvalue weighted by molar-refractivity contribution is 5.83. The SMILES string of the molecule is COC(CNC(=O)C1OCCc2ccccc21)CC(=O)O. The lowest BCUT2D eigenvalue weighted by atomic mass is 9.97. The molecule has 0 fully saturated rings. The molecule has 2 rings (SSSR count). The number of amides is 1. The van der Waals surface area contributed by atoms with Crippen LogP contribution in [0.3, 0.4) is 0 Å². The summed E-state index contributed by atoms with van der Waals surface area (Å²) in [6.45, 7) is 0.640. The molecule has 0 aromatic heterocycles. The summed E-state index contributed by atoms with van der Waals surface area (Å²) in [4.78, 5) is 22.9. The van der Waals surface area contributed by atoms with Gasteiger partial charge >= 0.3 is 5.97 Å². The number of carbonyl (C=O) groups is 2. The number of aliphatic carboxylic acids is 1. The molecule has 114 valence electrons. The maximum Gasteiger partial charge on any atom is 0.306 e. The average molecular weight is 293 g/mol. The van der Waals surface area contributed by atoms with Crippen molar-refractivity contribution in [2.24, 2.45) is 0 Å². The fourth-order valence-electron chi connectivity index (χ4n) is 2.35. The lowest BCUT2D eigenvalue weighted by Crippen LogP contribution is -2.39. The molecule has 1 amide bonds. The Hall–Kier alpha value is -1.92. The molecule has 6 nitrogen and oxygen atoms in total. The van der Waals surface area contributed by atoms with E-state index in [0.29, 0.717) is 6.61 Å². The Morgan fingerprint density at radius 1 is 1.48 bits per heavy atom. The first kappa shape index (κ1) is 15.5. The van der Waals surface area contributed by atoms with Gasteiger partial charge in [0, 0.05) is 13.7 Å². The average Bonchev–Trinajstić information content (AvgIpc) is 2.50. The van der Waals surface area contributed by atoms with E-state index in [9.17, 15) is 9.59 Å². The molecule has 6 heteroatoms. The number of fused-ring (bicyclic) bond motifs is 1. The minimum absolute atomic E-state index is 0.143. The molecule has 1 heterocycles. The molecule has 21 heavy (non-hydrogen) atoms. The Morgan fingerprint density at radius 3 is 2.95 bits per heavy atom. The van der Waals surface area contributed by atoms with Crippen molar-refractivity contribution < 1.29 is 24.2 Å². The molecular weight excluding hydrogens is 274 g/mol. The molecule has 0 aliphatic carbocycles. The molecular formula is C15H19NO5. The predicted molar refractivity (Wildman–Crippen MR) is 74.9 cm³/mol. The van der Waals surface area contributed by atoms with Crippen molar-refractivity contribution in [3.63, 3.8) is 0 Å². The second-order valence-corrected chi connectivity index (χ2v) is 4.90. The number of nitrogens with one attached hydrogen (secondary N) is 1. The summed E-state index contributed by atoms with van der Waals surface area (Å²) in [5.41, 5.74) is 1.98. The molecule has 2 N–H and O–H groups in total. The molecule has 0 spiro atoms. The van der Waals surface area contributed by atoms with Crippen molar-refractivity contribution in [3.05, 3.63) is 35.4 Å². The van der Waals surface area contributed by atoms with Gasteiger partial charge < -0.3 is 19.9 Å². The largest absolute Gasteiger partial charge is 0.481 e. The topological polar surface area (TPSA) is 84.9 Å². The minimum atomic E-state index is -0.963. The summed E-state index contributed by atoms with van der Waals surface area (Å²) in [5, 5.41) is 11.4. The van der Waals surface area contributed by atoms with Crippen LogP contribution in [0.15, 0.2) is 24.3 Å². The van der Waals surface area contributed by atoms with Gasteiger partial charge in [-0.15, -0.1) is 0 Å². The van der Waals surface area contributed by atoms with E-state index in [1.54, 1.807) is 0 Å². The van der Waals surface area contributed by atoms with Gasteiger partial charge in [-0.2, -0.15) is 0 Å². The molecule has 1 aromatic rings. The van der Waals surface area contributed by atoms with Gasteiger partial charge in [0.1, 0.15) is 0 Å². The maximum absolute atomic E-state index is 12.2. The van der Waals surface area contributed by atoms with Gasteiger partial charge in [-0.25, -0.2) is 0 Å². The molecule has 2 unspecified atom stereocenters. The van der Waals surface area contributed by atoms with Crippen LogP contribution in [0.4, 0.5) is 0 Å². The number of methoxy groups -OCH3 is 1. The smallest absolute Gasteiger partial charge is 0.306 e. The van der Waals surface area contributed by atoms with Gasteiger partial charge in [0.15, 0.2) is 6.10 Å². The molecule has 0 saturated carbocycles. The van der Waals surface area contributed by atoms with E-state index in [-0.39, 0.29) is 18.9 Å². The van der Waals surface area contributed by atoms with Gasteiger partial charge in [0.05, 0.1) is 19.1 Å². The Kier molecular flexibility index (Phi) is 5.30.